The maximum atomic E-state index is 11.6. The summed E-state index contributed by atoms with van der Waals surface area (Å²) in [6, 6.07) is 13.7. The van der Waals surface area contributed by atoms with Gasteiger partial charge in [0.05, 0.1) is 30.4 Å². The molecule has 2 aromatic carbocycles. The van der Waals surface area contributed by atoms with Crippen LogP contribution in [0.1, 0.15) is 6.92 Å². The van der Waals surface area contributed by atoms with Gasteiger partial charge in [-0.15, -0.1) is 0 Å². The summed E-state index contributed by atoms with van der Waals surface area (Å²) in [6.07, 6.45) is 1.82. The van der Waals surface area contributed by atoms with Crippen molar-refractivity contribution < 1.29 is 9.53 Å². The highest BCUT2D eigenvalue weighted by Gasteiger charge is 2.13. The normalized spacial score (nSPS) is 13.7. The van der Waals surface area contributed by atoms with Crippen molar-refractivity contribution in [1.29, 1.82) is 0 Å². The fraction of sp³-hybridized carbons (Fsp3) is 0.227. The van der Waals surface area contributed by atoms with Crippen molar-refractivity contribution in [3.05, 3.63) is 48.7 Å². The molecule has 1 fully saturated rings. The lowest BCUT2D eigenvalue weighted by Gasteiger charge is -2.27. The van der Waals surface area contributed by atoms with Gasteiger partial charge in [-0.3, -0.25) is 9.78 Å². The molecule has 2 heterocycles. The number of amides is 1. The number of benzene rings is 2. The number of nitrogens with one attached hydrogen (secondary N) is 1. The van der Waals surface area contributed by atoms with Gasteiger partial charge in [0.2, 0.25) is 0 Å². The summed E-state index contributed by atoms with van der Waals surface area (Å²) in [4.78, 5) is 23.1. The third-order valence-electron chi connectivity index (χ3n) is 4.58. The minimum absolute atomic E-state index is 0.313. The van der Waals surface area contributed by atoms with Crippen LogP contribution in [0, 0.1) is 11.8 Å². The maximum Gasteiger partial charge on any atom is 0.300 e. The molecule has 6 heteroatoms. The Morgan fingerprint density at radius 1 is 1.07 bits per heavy atom. The third kappa shape index (κ3) is 3.95. The van der Waals surface area contributed by atoms with Gasteiger partial charge in [0, 0.05) is 18.8 Å². The third-order valence-corrected chi connectivity index (χ3v) is 4.58. The molecule has 4 rings (SSSR count). The average molecular weight is 372 g/mol. The smallest absolute Gasteiger partial charge is 0.300 e. The zero-order chi connectivity index (χ0) is 19.3. The summed E-state index contributed by atoms with van der Waals surface area (Å²) >= 11 is 0. The fourth-order valence-corrected chi connectivity index (χ4v) is 3.15. The molecule has 0 aliphatic carbocycles. The Morgan fingerprint density at radius 3 is 2.57 bits per heavy atom. The molecule has 1 saturated heterocycles. The van der Waals surface area contributed by atoms with Crippen molar-refractivity contribution in [2.45, 2.75) is 6.92 Å². The lowest BCUT2D eigenvalue weighted by Crippen LogP contribution is -2.36. The zero-order valence-corrected chi connectivity index (χ0v) is 15.6. The number of anilines is 2. The van der Waals surface area contributed by atoms with Crippen LogP contribution < -0.4 is 10.2 Å². The molecule has 1 amide bonds. The monoisotopic (exact) mass is 372 g/mol. The topological polar surface area (TPSA) is 67.4 Å². The number of carbonyl (C=O) groups excluding carboxylic acids is 1. The lowest BCUT2D eigenvalue weighted by molar-refractivity contribution is -0.111. The van der Waals surface area contributed by atoms with E-state index in [2.05, 4.69) is 27.0 Å². The Kier molecular flexibility index (Phi) is 5.18. The number of morpholine rings is 1. The van der Waals surface area contributed by atoms with Crippen LogP contribution >= 0.6 is 0 Å². The molecule has 0 bridgehead atoms. The second-order valence-corrected chi connectivity index (χ2v) is 6.44. The lowest BCUT2D eigenvalue weighted by atomic mass is 10.0. The zero-order valence-electron chi connectivity index (χ0n) is 15.6. The number of carbonyl (C=O) groups is 1. The van der Waals surface area contributed by atoms with Crippen molar-refractivity contribution in [1.82, 2.24) is 9.97 Å². The van der Waals surface area contributed by atoms with E-state index < -0.39 is 0 Å². The maximum absolute atomic E-state index is 11.6. The standard InChI is InChI=1S/C22H20N4O2/c1-2-3-22(27)24-18-7-4-16(5-8-18)17-6-9-19-20(14-17)25-21(15-23-19)26-10-12-28-13-11-26/h4-9,14-15H,10-13H2,1H3,(H,24,27). The Balaban J connectivity index is 1.59. The summed E-state index contributed by atoms with van der Waals surface area (Å²) in [6.45, 7) is 4.72. The first kappa shape index (κ1) is 18.0. The predicted molar refractivity (Wildman–Crippen MR) is 110 cm³/mol. The first-order valence-corrected chi connectivity index (χ1v) is 9.16. The summed E-state index contributed by atoms with van der Waals surface area (Å²) in [5.41, 5.74) is 4.53. The van der Waals surface area contributed by atoms with Crippen LogP contribution in [-0.4, -0.2) is 42.2 Å². The molecule has 0 saturated carbocycles. The van der Waals surface area contributed by atoms with E-state index in [1.165, 1.54) is 0 Å². The molecule has 1 aliphatic rings. The molecule has 1 aliphatic heterocycles. The van der Waals surface area contributed by atoms with E-state index in [0.29, 0.717) is 18.9 Å². The number of nitrogens with zero attached hydrogens (tertiary/aromatic N) is 3. The van der Waals surface area contributed by atoms with Crippen molar-refractivity contribution >= 4 is 28.4 Å². The number of rotatable bonds is 3. The van der Waals surface area contributed by atoms with Gasteiger partial charge in [-0.2, -0.15) is 0 Å². The molecule has 0 spiro atoms. The second-order valence-electron chi connectivity index (χ2n) is 6.44. The molecular formula is C22H20N4O2. The fourth-order valence-electron chi connectivity index (χ4n) is 3.15. The second kappa shape index (κ2) is 8.07. The molecule has 6 nitrogen and oxygen atoms in total. The minimum Gasteiger partial charge on any atom is -0.378 e. The molecular weight excluding hydrogens is 352 g/mol. The van der Waals surface area contributed by atoms with Crippen LogP contribution in [0.4, 0.5) is 11.5 Å². The average Bonchev–Trinajstić information content (AvgIpc) is 2.74. The van der Waals surface area contributed by atoms with E-state index in [9.17, 15) is 4.79 Å². The predicted octanol–water partition coefficient (Wildman–Crippen LogP) is 3.10. The van der Waals surface area contributed by atoms with Crippen LogP contribution in [-0.2, 0) is 9.53 Å². The number of hydrogen-bond donors (Lipinski definition) is 1. The van der Waals surface area contributed by atoms with Crippen LogP contribution in [0.25, 0.3) is 22.2 Å². The molecule has 0 radical (unpaired) electrons. The van der Waals surface area contributed by atoms with E-state index in [1.807, 2.05) is 48.7 Å². The van der Waals surface area contributed by atoms with Crippen molar-refractivity contribution in [2.24, 2.45) is 0 Å². The summed E-state index contributed by atoms with van der Waals surface area (Å²) in [5.74, 6) is 5.62. The highest BCUT2D eigenvalue weighted by atomic mass is 16.5. The molecule has 1 N–H and O–H groups in total. The Morgan fingerprint density at radius 2 is 1.82 bits per heavy atom. The van der Waals surface area contributed by atoms with Crippen LogP contribution in [0.2, 0.25) is 0 Å². The highest BCUT2D eigenvalue weighted by Crippen LogP contribution is 2.25. The Bertz CT molecular complexity index is 1060. The Hall–Kier alpha value is -3.43. The van der Waals surface area contributed by atoms with Crippen molar-refractivity contribution in [3.8, 4) is 23.0 Å². The summed E-state index contributed by atoms with van der Waals surface area (Å²) < 4.78 is 5.41. The molecule has 28 heavy (non-hydrogen) atoms. The van der Waals surface area contributed by atoms with Crippen LogP contribution in [0.3, 0.4) is 0 Å². The summed E-state index contributed by atoms with van der Waals surface area (Å²) in [5, 5.41) is 2.74. The molecule has 3 aromatic rings. The van der Waals surface area contributed by atoms with Crippen molar-refractivity contribution in [2.75, 3.05) is 36.5 Å². The van der Waals surface area contributed by atoms with Crippen LogP contribution in [0.15, 0.2) is 48.7 Å². The van der Waals surface area contributed by atoms with Gasteiger partial charge >= 0.3 is 0 Å². The van der Waals surface area contributed by atoms with Gasteiger partial charge < -0.3 is 15.0 Å². The molecule has 1 aromatic heterocycles. The van der Waals surface area contributed by atoms with E-state index in [1.54, 1.807) is 6.92 Å². The van der Waals surface area contributed by atoms with Gasteiger partial charge in [-0.05, 0) is 48.2 Å². The largest absolute Gasteiger partial charge is 0.378 e. The first-order chi connectivity index (χ1) is 13.7. The first-order valence-electron chi connectivity index (χ1n) is 9.16. The van der Waals surface area contributed by atoms with Gasteiger partial charge in [-0.25, -0.2) is 4.98 Å². The quantitative estimate of drug-likeness (QED) is 0.716. The van der Waals surface area contributed by atoms with E-state index in [4.69, 9.17) is 9.72 Å². The molecule has 0 atom stereocenters. The number of aromatic nitrogens is 2. The number of hydrogen-bond acceptors (Lipinski definition) is 5. The van der Waals surface area contributed by atoms with Crippen LogP contribution in [0.5, 0.6) is 0 Å². The molecule has 140 valence electrons. The van der Waals surface area contributed by atoms with Gasteiger partial charge in [0.1, 0.15) is 5.82 Å². The molecule has 0 unspecified atom stereocenters. The van der Waals surface area contributed by atoms with E-state index in [0.717, 1.165) is 41.1 Å². The van der Waals surface area contributed by atoms with Crippen molar-refractivity contribution in [3.63, 3.8) is 0 Å². The van der Waals surface area contributed by atoms with E-state index in [-0.39, 0.29) is 5.91 Å². The Labute approximate surface area is 163 Å². The summed E-state index contributed by atoms with van der Waals surface area (Å²) in [7, 11) is 0. The minimum atomic E-state index is -0.313. The SMILES string of the molecule is CC#CC(=O)Nc1ccc(-c2ccc3ncc(N4CCOCC4)nc3c2)cc1. The van der Waals surface area contributed by atoms with E-state index >= 15 is 0 Å². The highest BCUT2D eigenvalue weighted by molar-refractivity contribution is 6.04. The van der Waals surface area contributed by atoms with Gasteiger partial charge in [-0.1, -0.05) is 24.1 Å². The number of fused-ring (bicyclic) bond motifs is 1. The van der Waals surface area contributed by atoms with Gasteiger partial charge in [0.25, 0.3) is 5.91 Å². The number of ether oxygens (including phenoxy) is 1. The van der Waals surface area contributed by atoms with Gasteiger partial charge in [0.15, 0.2) is 0 Å².